The molecule has 0 bridgehead atoms. The van der Waals surface area contributed by atoms with E-state index >= 15 is 0 Å². The maximum atomic E-state index is 4.26. The fourth-order valence-corrected chi connectivity index (χ4v) is 1.93. The van der Waals surface area contributed by atoms with Crippen LogP contribution in [0.4, 0.5) is 5.95 Å². The first-order chi connectivity index (χ1) is 7.43. The smallest absolute Gasteiger partial charge is 0.225 e. The van der Waals surface area contributed by atoms with Gasteiger partial charge in [0.25, 0.3) is 0 Å². The first-order valence-corrected chi connectivity index (χ1v) is 5.02. The summed E-state index contributed by atoms with van der Waals surface area (Å²) in [6.45, 7) is 1.83. The van der Waals surface area contributed by atoms with E-state index in [2.05, 4.69) is 39.1 Å². The molecule has 0 atom stereocenters. The van der Waals surface area contributed by atoms with Crippen molar-refractivity contribution in [2.24, 2.45) is 0 Å². The van der Waals surface area contributed by atoms with Crippen molar-refractivity contribution in [3.05, 3.63) is 53.9 Å². The molecule has 0 fully saturated rings. The minimum absolute atomic E-state index is 0.814. The van der Waals surface area contributed by atoms with Gasteiger partial charge in [0, 0.05) is 25.5 Å². The molecule has 1 aliphatic rings. The summed E-state index contributed by atoms with van der Waals surface area (Å²) in [5.74, 6) is 0.814. The number of benzene rings is 1. The van der Waals surface area contributed by atoms with Crippen LogP contribution in [0.5, 0.6) is 0 Å². The van der Waals surface area contributed by atoms with Crippen molar-refractivity contribution < 1.29 is 0 Å². The number of rotatable bonds is 1. The number of nitrogens with zero attached hydrogens (tertiary/aromatic N) is 3. The molecule has 0 aliphatic carbocycles. The largest absolute Gasteiger partial charge is 0.332 e. The predicted octanol–water partition coefficient (Wildman–Crippen LogP) is 2.00. The van der Waals surface area contributed by atoms with E-state index in [-0.39, 0.29) is 0 Å². The van der Waals surface area contributed by atoms with Gasteiger partial charge in [0.2, 0.25) is 5.95 Å². The standard InChI is InChI=1S/C12H11N3/c1-2-5-11-9-15(8-10(11)4-1)12-13-6-3-7-14-12/h1-7H,8-9H2. The third-order valence-corrected chi connectivity index (χ3v) is 2.68. The minimum atomic E-state index is 0.814. The zero-order valence-corrected chi connectivity index (χ0v) is 8.30. The maximum absolute atomic E-state index is 4.26. The highest BCUT2D eigenvalue weighted by molar-refractivity contribution is 5.42. The lowest BCUT2D eigenvalue weighted by atomic mass is 10.1. The third kappa shape index (κ3) is 1.46. The van der Waals surface area contributed by atoms with Gasteiger partial charge in [0.1, 0.15) is 0 Å². The van der Waals surface area contributed by atoms with Crippen LogP contribution in [0.2, 0.25) is 0 Å². The minimum Gasteiger partial charge on any atom is -0.332 e. The van der Waals surface area contributed by atoms with Crippen molar-refractivity contribution in [1.29, 1.82) is 0 Å². The third-order valence-electron chi connectivity index (χ3n) is 2.68. The summed E-state index contributed by atoms with van der Waals surface area (Å²) in [5, 5.41) is 0. The first-order valence-electron chi connectivity index (χ1n) is 5.02. The summed E-state index contributed by atoms with van der Waals surface area (Å²) in [6, 6.07) is 10.3. The second-order valence-electron chi connectivity index (χ2n) is 3.67. The molecule has 0 spiro atoms. The topological polar surface area (TPSA) is 29.0 Å². The van der Waals surface area contributed by atoms with E-state index in [1.807, 2.05) is 6.07 Å². The number of fused-ring (bicyclic) bond motifs is 1. The Kier molecular flexibility index (Phi) is 1.88. The number of anilines is 1. The quantitative estimate of drug-likeness (QED) is 0.700. The molecule has 0 unspecified atom stereocenters. The van der Waals surface area contributed by atoms with Gasteiger partial charge >= 0.3 is 0 Å². The monoisotopic (exact) mass is 197 g/mol. The molecule has 74 valence electrons. The molecule has 0 N–H and O–H groups in total. The predicted molar refractivity (Wildman–Crippen MR) is 58.4 cm³/mol. The summed E-state index contributed by atoms with van der Waals surface area (Å²) in [4.78, 5) is 10.7. The van der Waals surface area contributed by atoms with Crippen molar-refractivity contribution in [2.45, 2.75) is 13.1 Å². The van der Waals surface area contributed by atoms with E-state index in [0.717, 1.165) is 19.0 Å². The molecule has 0 amide bonds. The molecule has 0 saturated carbocycles. The average molecular weight is 197 g/mol. The van der Waals surface area contributed by atoms with E-state index in [0.29, 0.717) is 0 Å². The molecule has 1 aromatic heterocycles. The Morgan fingerprint density at radius 1 is 0.867 bits per heavy atom. The summed E-state index contributed by atoms with van der Waals surface area (Å²) in [6.07, 6.45) is 3.57. The Labute approximate surface area is 88.4 Å². The zero-order chi connectivity index (χ0) is 10.1. The van der Waals surface area contributed by atoms with Gasteiger partial charge < -0.3 is 4.90 Å². The van der Waals surface area contributed by atoms with Crippen LogP contribution in [0.15, 0.2) is 42.7 Å². The summed E-state index contributed by atoms with van der Waals surface area (Å²) < 4.78 is 0. The second-order valence-corrected chi connectivity index (χ2v) is 3.67. The summed E-state index contributed by atoms with van der Waals surface area (Å²) >= 11 is 0. The van der Waals surface area contributed by atoms with Crippen LogP contribution >= 0.6 is 0 Å². The summed E-state index contributed by atoms with van der Waals surface area (Å²) in [7, 11) is 0. The van der Waals surface area contributed by atoms with Crippen LogP contribution in [0.25, 0.3) is 0 Å². The molecule has 3 nitrogen and oxygen atoms in total. The van der Waals surface area contributed by atoms with Gasteiger partial charge in [-0.15, -0.1) is 0 Å². The van der Waals surface area contributed by atoms with Crippen LogP contribution in [-0.2, 0) is 13.1 Å². The zero-order valence-electron chi connectivity index (χ0n) is 8.30. The Hall–Kier alpha value is -1.90. The van der Waals surface area contributed by atoms with Crippen LogP contribution in [-0.4, -0.2) is 9.97 Å². The van der Waals surface area contributed by atoms with Gasteiger partial charge in [0.05, 0.1) is 0 Å². The lowest BCUT2D eigenvalue weighted by Gasteiger charge is -2.13. The van der Waals surface area contributed by atoms with Crippen molar-refractivity contribution in [3.63, 3.8) is 0 Å². The van der Waals surface area contributed by atoms with Gasteiger partial charge in [0.15, 0.2) is 0 Å². The van der Waals surface area contributed by atoms with E-state index < -0.39 is 0 Å². The van der Waals surface area contributed by atoms with Crippen LogP contribution in [0, 0.1) is 0 Å². The van der Waals surface area contributed by atoms with E-state index in [1.165, 1.54) is 11.1 Å². The molecule has 1 aromatic carbocycles. The first kappa shape index (κ1) is 8.41. The molecular formula is C12H11N3. The van der Waals surface area contributed by atoms with Gasteiger partial charge in [-0.3, -0.25) is 0 Å². The molecule has 15 heavy (non-hydrogen) atoms. The van der Waals surface area contributed by atoms with Gasteiger partial charge in [-0.2, -0.15) is 0 Å². The fourth-order valence-electron chi connectivity index (χ4n) is 1.93. The number of hydrogen-bond acceptors (Lipinski definition) is 3. The van der Waals surface area contributed by atoms with Crippen LogP contribution < -0.4 is 4.90 Å². The molecule has 2 aromatic rings. The van der Waals surface area contributed by atoms with Gasteiger partial charge in [-0.1, -0.05) is 24.3 Å². The Morgan fingerprint density at radius 3 is 2.07 bits per heavy atom. The lowest BCUT2D eigenvalue weighted by Crippen LogP contribution is -2.17. The van der Waals surface area contributed by atoms with E-state index in [4.69, 9.17) is 0 Å². The Morgan fingerprint density at radius 2 is 1.47 bits per heavy atom. The van der Waals surface area contributed by atoms with E-state index in [1.54, 1.807) is 12.4 Å². The second kappa shape index (κ2) is 3.35. The van der Waals surface area contributed by atoms with Gasteiger partial charge in [-0.25, -0.2) is 9.97 Å². The highest BCUT2D eigenvalue weighted by Crippen LogP contribution is 2.24. The van der Waals surface area contributed by atoms with Crippen molar-refractivity contribution in [3.8, 4) is 0 Å². The fraction of sp³-hybridized carbons (Fsp3) is 0.167. The maximum Gasteiger partial charge on any atom is 0.225 e. The van der Waals surface area contributed by atoms with Gasteiger partial charge in [-0.05, 0) is 17.2 Å². The molecule has 2 heterocycles. The molecule has 1 aliphatic heterocycles. The number of aromatic nitrogens is 2. The molecule has 3 rings (SSSR count). The number of hydrogen-bond donors (Lipinski definition) is 0. The van der Waals surface area contributed by atoms with E-state index in [9.17, 15) is 0 Å². The highest BCUT2D eigenvalue weighted by atomic mass is 15.3. The van der Waals surface area contributed by atoms with Crippen LogP contribution in [0.1, 0.15) is 11.1 Å². The molecule has 3 heteroatoms. The Bertz CT molecular complexity index is 442. The summed E-state index contributed by atoms with van der Waals surface area (Å²) in [5.41, 5.74) is 2.76. The lowest BCUT2D eigenvalue weighted by molar-refractivity contribution is 0.828. The van der Waals surface area contributed by atoms with Crippen molar-refractivity contribution >= 4 is 5.95 Å². The SMILES string of the molecule is c1cnc(N2Cc3ccccc3C2)nc1. The molecular weight excluding hydrogens is 186 g/mol. The molecule has 0 radical (unpaired) electrons. The van der Waals surface area contributed by atoms with Crippen molar-refractivity contribution in [1.82, 2.24) is 9.97 Å². The van der Waals surface area contributed by atoms with Crippen LogP contribution in [0.3, 0.4) is 0 Å². The normalized spacial score (nSPS) is 14.0. The van der Waals surface area contributed by atoms with Crippen molar-refractivity contribution in [2.75, 3.05) is 4.90 Å². The average Bonchev–Trinajstić information content (AvgIpc) is 2.74. The Balaban J connectivity index is 1.91. The molecule has 0 saturated heterocycles. The highest BCUT2D eigenvalue weighted by Gasteiger charge is 2.19.